The number of carbonyl (C=O) groups is 1. The Kier molecular flexibility index (Phi) is 7.56. The van der Waals surface area contributed by atoms with E-state index in [2.05, 4.69) is 17.4 Å². The lowest BCUT2D eigenvalue weighted by Gasteiger charge is -2.38. The van der Waals surface area contributed by atoms with Crippen LogP contribution in [0.25, 0.3) is 0 Å². The molecule has 1 heterocycles. The van der Waals surface area contributed by atoms with E-state index < -0.39 is 0 Å². The van der Waals surface area contributed by atoms with Crippen LogP contribution in [0.15, 0.2) is 24.3 Å². The number of nitrogens with two attached hydrogens (primary N) is 1. The summed E-state index contributed by atoms with van der Waals surface area (Å²) in [6.45, 7) is 1.15. The highest BCUT2D eigenvalue weighted by Crippen LogP contribution is 2.39. The highest BCUT2D eigenvalue weighted by atomic mass is 35.5. The van der Waals surface area contributed by atoms with Gasteiger partial charge >= 0.3 is 0 Å². The van der Waals surface area contributed by atoms with Gasteiger partial charge in [0.2, 0.25) is 5.91 Å². The summed E-state index contributed by atoms with van der Waals surface area (Å²) in [7, 11) is 0. The summed E-state index contributed by atoms with van der Waals surface area (Å²) in [5.41, 5.74) is 6.92. The van der Waals surface area contributed by atoms with Gasteiger partial charge in [0.1, 0.15) is 6.10 Å². The Morgan fingerprint density at radius 3 is 2.48 bits per heavy atom. The quantitative estimate of drug-likeness (QED) is 0.812. The van der Waals surface area contributed by atoms with Crippen LogP contribution in [0.4, 0.5) is 0 Å². The molecule has 0 radical (unpaired) electrons. The molecule has 6 heteroatoms. The van der Waals surface area contributed by atoms with Crippen LogP contribution in [0.1, 0.15) is 50.5 Å². The fourth-order valence-corrected chi connectivity index (χ4v) is 4.17. The first-order valence-corrected chi connectivity index (χ1v) is 9.40. The molecule has 0 aromatic heterocycles. The zero-order valence-corrected chi connectivity index (χ0v) is 16.1. The van der Waals surface area contributed by atoms with E-state index in [4.69, 9.17) is 22.1 Å². The molecule has 1 aliphatic heterocycles. The molecule has 1 aromatic carbocycles. The molecule has 0 unspecified atom stereocenters. The minimum atomic E-state index is -0.343. The van der Waals surface area contributed by atoms with Crippen molar-refractivity contribution in [1.29, 1.82) is 0 Å². The van der Waals surface area contributed by atoms with Crippen molar-refractivity contribution in [3.63, 3.8) is 0 Å². The second kappa shape index (κ2) is 9.22. The lowest BCUT2D eigenvalue weighted by atomic mass is 9.69. The average molecular weight is 387 g/mol. The Morgan fingerprint density at radius 2 is 1.88 bits per heavy atom. The third-order valence-electron chi connectivity index (χ3n) is 5.53. The lowest BCUT2D eigenvalue weighted by Crippen LogP contribution is -2.45. The molecule has 2 aliphatic rings. The van der Waals surface area contributed by atoms with Crippen molar-refractivity contribution in [3.8, 4) is 0 Å². The Bertz CT molecular complexity index is 559. The van der Waals surface area contributed by atoms with Crippen molar-refractivity contribution in [2.24, 2.45) is 5.73 Å². The number of rotatable bonds is 5. The molecule has 1 amide bonds. The minimum absolute atomic E-state index is 0. The van der Waals surface area contributed by atoms with E-state index in [0.717, 1.165) is 30.7 Å². The van der Waals surface area contributed by atoms with E-state index in [1.807, 2.05) is 12.1 Å². The van der Waals surface area contributed by atoms with Crippen LogP contribution in [0, 0.1) is 0 Å². The molecule has 2 fully saturated rings. The first kappa shape index (κ1) is 20.5. The van der Waals surface area contributed by atoms with Gasteiger partial charge < -0.3 is 15.8 Å². The van der Waals surface area contributed by atoms with Gasteiger partial charge in [0.25, 0.3) is 0 Å². The summed E-state index contributed by atoms with van der Waals surface area (Å²) in [5.74, 6) is 0.00450. The standard InChI is InChI=1S/C19H27ClN2O2.ClH/c20-15-6-4-14(5-7-15)19(10-2-1-3-11-19)13-22-18(23)17-9-8-16(12-21)24-17;/h4-7,16-17H,1-3,8-13,21H2,(H,22,23);1H/t16-,17+;/m1./s1. The molecule has 4 nitrogen and oxygen atoms in total. The molecular weight excluding hydrogens is 359 g/mol. The van der Waals surface area contributed by atoms with Gasteiger partial charge in [-0.25, -0.2) is 0 Å². The Morgan fingerprint density at radius 1 is 1.20 bits per heavy atom. The van der Waals surface area contributed by atoms with E-state index in [9.17, 15) is 4.79 Å². The minimum Gasteiger partial charge on any atom is -0.364 e. The van der Waals surface area contributed by atoms with E-state index in [1.165, 1.54) is 24.8 Å². The predicted octanol–water partition coefficient (Wildman–Crippen LogP) is 3.59. The van der Waals surface area contributed by atoms with Crippen LogP contribution < -0.4 is 11.1 Å². The third-order valence-corrected chi connectivity index (χ3v) is 5.78. The van der Waals surface area contributed by atoms with Gasteiger partial charge in [-0.3, -0.25) is 4.79 Å². The number of ether oxygens (including phenoxy) is 1. The van der Waals surface area contributed by atoms with Gasteiger partial charge in [-0.1, -0.05) is 43.0 Å². The van der Waals surface area contributed by atoms with Crippen molar-refractivity contribution >= 4 is 29.9 Å². The summed E-state index contributed by atoms with van der Waals surface area (Å²) in [5, 5.41) is 3.91. The fraction of sp³-hybridized carbons (Fsp3) is 0.632. The van der Waals surface area contributed by atoms with Gasteiger partial charge in [0.15, 0.2) is 0 Å². The van der Waals surface area contributed by atoms with Gasteiger partial charge in [-0.15, -0.1) is 12.4 Å². The summed E-state index contributed by atoms with van der Waals surface area (Å²) in [6.07, 6.45) is 7.20. The topological polar surface area (TPSA) is 64.4 Å². The zero-order valence-electron chi connectivity index (χ0n) is 14.5. The Labute approximate surface area is 161 Å². The first-order chi connectivity index (χ1) is 11.6. The molecule has 25 heavy (non-hydrogen) atoms. The SMILES string of the molecule is Cl.NC[C@H]1CC[C@@H](C(=O)NCC2(c3ccc(Cl)cc3)CCCCC2)O1. The van der Waals surface area contributed by atoms with Crippen molar-refractivity contribution < 1.29 is 9.53 Å². The molecule has 3 rings (SSSR count). The van der Waals surface area contributed by atoms with Gasteiger partial charge in [-0.05, 0) is 43.4 Å². The molecule has 0 spiro atoms. The second-order valence-corrected chi connectivity index (χ2v) is 7.56. The molecule has 2 atom stereocenters. The van der Waals surface area contributed by atoms with E-state index in [0.29, 0.717) is 13.1 Å². The number of halogens is 2. The summed E-state index contributed by atoms with van der Waals surface area (Å²) < 4.78 is 5.71. The van der Waals surface area contributed by atoms with Crippen LogP contribution in [-0.2, 0) is 14.9 Å². The van der Waals surface area contributed by atoms with Crippen molar-refractivity contribution in [3.05, 3.63) is 34.9 Å². The molecule has 1 aliphatic carbocycles. The second-order valence-electron chi connectivity index (χ2n) is 7.13. The van der Waals surface area contributed by atoms with E-state index >= 15 is 0 Å². The van der Waals surface area contributed by atoms with Crippen LogP contribution in [0.3, 0.4) is 0 Å². The number of benzene rings is 1. The summed E-state index contributed by atoms with van der Waals surface area (Å²) in [4.78, 5) is 12.5. The van der Waals surface area contributed by atoms with Gasteiger partial charge in [0, 0.05) is 23.5 Å². The zero-order chi connectivity index (χ0) is 17.0. The summed E-state index contributed by atoms with van der Waals surface area (Å²) >= 11 is 6.04. The Hall–Kier alpha value is -0.810. The van der Waals surface area contributed by atoms with Crippen LogP contribution in [0.5, 0.6) is 0 Å². The van der Waals surface area contributed by atoms with Gasteiger partial charge in [-0.2, -0.15) is 0 Å². The number of hydrogen-bond acceptors (Lipinski definition) is 3. The molecule has 1 saturated heterocycles. The highest BCUT2D eigenvalue weighted by molar-refractivity contribution is 6.30. The van der Waals surface area contributed by atoms with Crippen molar-refractivity contribution in [2.75, 3.05) is 13.1 Å². The number of carbonyl (C=O) groups excluding carboxylic acids is 1. The maximum Gasteiger partial charge on any atom is 0.249 e. The largest absolute Gasteiger partial charge is 0.364 e. The van der Waals surface area contributed by atoms with E-state index in [-0.39, 0.29) is 35.9 Å². The number of nitrogens with one attached hydrogen (secondary N) is 1. The lowest BCUT2D eigenvalue weighted by molar-refractivity contribution is -0.132. The monoisotopic (exact) mass is 386 g/mol. The molecule has 140 valence electrons. The van der Waals surface area contributed by atoms with Crippen molar-refractivity contribution in [1.82, 2.24) is 5.32 Å². The normalized spacial score (nSPS) is 25.2. The molecular formula is C19H28Cl2N2O2. The molecule has 3 N–H and O–H groups in total. The Balaban J connectivity index is 0.00000225. The average Bonchev–Trinajstić information content (AvgIpc) is 3.10. The fourth-order valence-electron chi connectivity index (χ4n) is 4.04. The third kappa shape index (κ3) is 4.88. The number of hydrogen-bond donors (Lipinski definition) is 2. The molecule has 0 bridgehead atoms. The molecule has 1 saturated carbocycles. The maximum atomic E-state index is 12.5. The van der Waals surface area contributed by atoms with Crippen molar-refractivity contribution in [2.45, 2.75) is 62.6 Å². The van der Waals surface area contributed by atoms with Gasteiger partial charge in [0.05, 0.1) is 6.10 Å². The molecule has 1 aromatic rings. The number of amides is 1. The summed E-state index contributed by atoms with van der Waals surface area (Å²) in [6, 6.07) is 8.11. The van der Waals surface area contributed by atoms with Crippen LogP contribution >= 0.6 is 24.0 Å². The van der Waals surface area contributed by atoms with Crippen LogP contribution in [-0.4, -0.2) is 31.2 Å². The smallest absolute Gasteiger partial charge is 0.249 e. The maximum absolute atomic E-state index is 12.5. The van der Waals surface area contributed by atoms with E-state index in [1.54, 1.807) is 0 Å². The first-order valence-electron chi connectivity index (χ1n) is 9.02. The van der Waals surface area contributed by atoms with Crippen LogP contribution in [0.2, 0.25) is 5.02 Å². The predicted molar refractivity (Wildman–Crippen MR) is 103 cm³/mol. The highest BCUT2D eigenvalue weighted by Gasteiger charge is 2.36.